The highest BCUT2D eigenvalue weighted by atomic mass is 16.5. The fraction of sp³-hybridized carbons (Fsp3) is 0.385. The third kappa shape index (κ3) is 3.53. The Labute approximate surface area is 205 Å². The standard InChI is InChI=1S/C26H26N4O5.2H2/c31-21(27-18-9-8-16-13-25(14-17(16)12-18)22(32)28-24(34)29-25)15-30-19-6-2-3-7-20(19)35-26(23(30)33)10-4-1-5-11-26;;/h2-3,6-9,12H,1,4-5,10-11,13-15H2,(H,27,31)(H2,28,29,32,34);2*1H. The van der Waals surface area contributed by atoms with Crippen LogP contribution in [0.3, 0.4) is 0 Å². The van der Waals surface area contributed by atoms with Crippen LogP contribution in [0.1, 0.15) is 46.1 Å². The molecule has 2 aliphatic carbocycles. The van der Waals surface area contributed by atoms with Crippen LogP contribution >= 0.6 is 0 Å². The summed E-state index contributed by atoms with van der Waals surface area (Å²) >= 11 is 0. The number of carbonyl (C=O) groups excluding carboxylic acids is 4. The van der Waals surface area contributed by atoms with Gasteiger partial charge in [0.2, 0.25) is 5.91 Å². The molecule has 9 nitrogen and oxygen atoms in total. The van der Waals surface area contributed by atoms with Gasteiger partial charge in [0, 0.05) is 21.4 Å². The van der Waals surface area contributed by atoms with Crippen molar-refractivity contribution in [3.05, 3.63) is 53.6 Å². The molecule has 1 saturated carbocycles. The van der Waals surface area contributed by atoms with Gasteiger partial charge in [0.25, 0.3) is 11.8 Å². The van der Waals surface area contributed by atoms with Gasteiger partial charge >= 0.3 is 6.03 Å². The van der Waals surface area contributed by atoms with Crippen LogP contribution in [0.25, 0.3) is 0 Å². The second-order valence-electron chi connectivity index (χ2n) is 9.89. The van der Waals surface area contributed by atoms with Crippen molar-refractivity contribution in [2.24, 2.45) is 0 Å². The number of benzene rings is 2. The molecule has 0 bridgehead atoms. The van der Waals surface area contributed by atoms with Crippen LogP contribution in [-0.4, -0.2) is 41.4 Å². The zero-order valence-corrected chi connectivity index (χ0v) is 19.2. The zero-order valence-electron chi connectivity index (χ0n) is 19.2. The van der Waals surface area contributed by atoms with Gasteiger partial charge in [-0.2, -0.15) is 0 Å². The molecule has 184 valence electrons. The van der Waals surface area contributed by atoms with E-state index in [2.05, 4.69) is 16.0 Å². The molecule has 9 heteroatoms. The molecule has 2 spiro atoms. The van der Waals surface area contributed by atoms with Crippen molar-refractivity contribution in [1.82, 2.24) is 10.6 Å². The average molecular weight is 479 g/mol. The van der Waals surface area contributed by atoms with Crippen LogP contribution in [0, 0.1) is 0 Å². The number of urea groups is 1. The predicted molar refractivity (Wildman–Crippen MR) is 131 cm³/mol. The Morgan fingerprint density at radius 2 is 1.80 bits per heavy atom. The van der Waals surface area contributed by atoms with Crippen molar-refractivity contribution in [1.29, 1.82) is 0 Å². The largest absolute Gasteiger partial charge is 0.475 e. The molecule has 2 heterocycles. The number of anilines is 2. The number of nitrogens with one attached hydrogen (secondary N) is 3. The maximum Gasteiger partial charge on any atom is 0.322 e. The van der Waals surface area contributed by atoms with Gasteiger partial charge in [-0.15, -0.1) is 0 Å². The monoisotopic (exact) mass is 478 g/mol. The number of hydrogen-bond donors (Lipinski definition) is 3. The summed E-state index contributed by atoms with van der Waals surface area (Å²) in [5, 5.41) is 7.95. The number of amides is 5. The molecule has 3 N–H and O–H groups in total. The normalized spacial score (nSPS) is 24.0. The lowest BCUT2D eigenvalue weighted by atomic mass is 9.82. The summed E-state index contributed by atoms with van der Waals surface area (Å²) in [6, 6.07) is 12.3. The molecule has 1 saturated heterocycles. The third-order valence-electron chi connectivity index (χ3n) is 7.55. The second kappa shape index (κ2) is 7.83. The first-order chi connectivity index (χ1) is 16.9. The van der Waals surface area contributed by atoms with Gasteiger partial charge in [-0.3, -0.25) is 24.6 Å². The quantitative estimate of drug-likeness (QED) is 0.587. The van der Waals surface area contributed by atoms with E-state index in [1.54, 1.807) is 17.0 Å². The number of nitrogens with zero attached hydrogens (tertiary/aromatic N) is 1. The smallest absolute Gasteiger partial charge is 0.322 e. The second-order valence-corrected chi connectivity index (χ2v) is 9.89. The van der Waals surface area contributed by atoms with E-state index in [1.807, 2.05) is 30.3 Å². The first-order valence-corrected chi connectivity index (χ1v) is 12.0. The molecule has 35 heavy (non-hydrogen) atoms. The summed E-state index contributed by atoms with van der Waals surface area (Å²) in [5.74, 6) is -0.183. The number of rotatable bonds is 3. The van der Waals surface area contributed by atoms with Crippen molar-refractivity contribution in [3.8, 4) is 5.75 Å². The van der Waals surface area contributed by atoms with E-state index in [0.717, 1.165) is 30.4 Å². The summed E-state index contributed by atoms with van der Waals surface area (Å²) in [6.45, 7) is -0.125. The summed E-state index contributed by atoms with van der Waals surface area (Å²) < 4.78 is 6.23. The Kier molecular flexibility index (Phi) is 4.84. The molecule has 6 rings (SSSR count). The van der Waals surface area contributed by atoms with Gasteiger partial charge in [0.15, 0.2) is 5.60 Å². The minimum absolute atomic E-state index is 0. The fourth-order valence-corrected chi connectivity index (χ4v) is 5.85. The van der Waals surface area contributed by atoms with E-state index in [0.29, 0.717) is 42.8 Å². The molecule has 2 aromatic rings. The van der Waals surface area contributed by atoms with Crippen molar-refractivity contribution in [2.75, 3.05) is 16.8 Å². The van der Waals surface area contributed by atoms with E-state index in [4.69, 9.17) is 4.74 Å². The Hall–Kier alpha value is -3.88. The average Bonchev–Trinajstić information content (AvgIpc) is 3.34. The van der Waals surface area contributed by atoms with Crippen LogP contribution in [0.2, 0.25) is 0 Å². The number of carbonyl (C=O) groups is 4. The van der Waals surface area contributed by atoms with Gasteiger partial charge in [0.1, 0.15) is 17.8 Å². The summed E-state index contributed by atoms with van der Waals surface area (Å²) in [5.41, 5.74) is 1.17. The topological polar surface area (TPSA) is 117 Å². The van der Waals surface area contributed by atoms with Gasteiger partial charge in [0.05, 0.1) is 5.69 Å². The molecule has 0 radical (unpaired) electrons. The van der Waals surface area contributed by atoms with E-state index in [9.17, 15) is 19.2 Å². The maximum atomic E-state index is 13.6. The summed E-state index contributed by atoms with van der Waals surface area (Å²) in [7, 11) is 0. The van der Waals surface area contributed by atoms with Crippen molar-refractivity contribution >= 4 is 35.1 Å². The molecule has 4 aliphatic rings. The zero-order chi connectivity index (χ0) is 24.2. The van der Waals surface area contributed by atoms with Crippen LogP contribution in [0.4, 0.5) is 16.2 Å². The first kappa shape index (κ1) is 21.6. The van der Waals surface area contributed by atoms with Crippen LogP contribution < -0.4 is 25.6 Å². The molecule has 2 fully saturated rings. The number of imide groups is 1. The molecule has 0 aromatic heterocycles. The predicted octanol–water partition coefficient (Wildman–Crippen LogP) is 2.92. The van der Waals surface area contributed by atoms with E-state index >= 15 is 0 Å². The highest BCUT2D eigenvalue weighted by molar-refractivity contribution is 6.09. The van der Waals surface area contributed by atoms with Gasteiger partial charge in [-0.1, -0.05) is 24.6 Å². The summed E-state index contributed by atoms with van der Waals surface area (Å²) in [6.07, 6.45) is 4.98. The van der Waals surface area contributed by atoms with Gasteiger partial charge in [-0.25, -0.2) is 4.79 Å². The van der Waals surface area contributed by atoms with Crippen LogP contribution in [-0.2, 0) is 27.2 Å². The number of ether oxygens (including phenoxy) is 1. The molecule has 1 atom stereocenters. The number of fused-ring (bicyclic) bond motifs is 2. The molecule has 5 amide bonds. The van der Waals surface area contributed by atoms with Gasteiger partial charge in [-0.05, 0) is 61.1 Å². The number of para-hydroxylation sites is 2. The molecular weight excluding hydrogens is 448 g/mol. The number of hydrogen-bond acceptors (Lipinski definition) is 5. The van der Waals surface area contributed by atoms with Crippen LogP contribution in [0.15, 0.2) is 42.5 Å². The van der Waals surface area contributed by atoms with Crippen molar-refractivity contribution in [3.63, 3.8) is 0 Å². The Morgan fingerprint density at radius 3 is 2.57 bits per heavy atom. The maximum absolute atomic E-state index is 13.6. The van der Waals surface area contributed by atoms with E-state index in [1.165, 1.54) is 0 Å². The first-order valence-electron chi connectivity index (χ1n) is 12.0. The van der Waals surface area contributed by atoms with Crippen LogP contribution in [0.5, 0.6) is 5.75 Å². The third-order valence-corrected chi connectivity index (χ3v) is 7.55. The summed E-state index contributed by atoms with van der Waals surface area (Å²) in [4.78, 5) is 52.1. The highest BCUT2D eigenvalue weighted by Crippen LogP contribution is 2.43. The lowest BCUT2D eigenvalue weighted by Crippen LogP contribution is -2.58. The molecular formula is C26H30N4O5. The Balaban J connectivity index is 0.00000160. The molecule has 2 aliphatic heterocycles. The lowest BCUT2D eigenvalue weighted by molar-refractivity contribution is -0.139. The fourth-order valence-electron chi connectivity index (χ4n) is 5.85. The Bertz CT molecular complexity index is 1280. The highest BCUT2D eigenvalue weighted by Gasteiger charge is 2.50. The van der Waals surface area contributed by atoms with Crippen molar-refractivity contribution in [2.45, 2.75) is 56.1 Å². The SMILES string of the molecule is O=C(CN1C(=O)C2(CCCCC2)Oc2ccccc21)Nc1ccc2c(c1)CC1(C2)NC(=O)NC1=O.[HH].[HH]. The lowest BCUT2D eigenvalue weighted by Gasteiger charge is -2.44. The van der Waals surface area contributed by atoms with Crippen molar-refractivity contribution < 1.29 is 26.8 Å². The Morgan fingerprint density at radius 1 is 1.03 bits per heavy atom. The molecule has 1 unspecified atom stereocenters. The van der Waals surface area contributed by atoms with Gasteiger partial charge < -0.3 is 15.4 Å². The van der Waals surface area contributed by atoms with E-state index < -0.39 is 17.2 Å². The minimum atomic E-state index is -0.958. The minimum Gasteiger partial charge on any atom is -0.475 e. The van der Waals surface area contributed by atoms with E-state index in [-0.39, 0.29) is 27.1 Å². The molecule has 2 aromatic carbocycles.